The molecule has 2 fully saturated rings. The largest absolute Gasteiger partial charge is 0.355 e. The smallest absolute Gasteiger partial charge is 0.221 e. The molecule has 110 valence electrons. The Hall–Kier alpha value is -0.660. The Morgan fingerprint density at radius 3 is 2.79 bits per heavy atom. The van der Waals surface area contributed by atoms with Crippen LogP contribution >= 0.6 is 0 Å². The standard InChI is InChI=1S/C12H23N3O3S/c16-12-4-8-15(9-7-14-12)19(17,18)10-5-11-3-1-2-6-13-11/h11,13H,1-10H2,(H,14,16). The van der Waals surface area contributed by atoms with Gasteiger partial charge in [-0.2, -0.15) is 4.31 Å². The monoisotopic (exact) mass is 289 g/mol. The maximum atomic E-state index is 12.2. The lowest BCUT2D eigenvalue weighted by molar-refractivity contribution is -0.120. The third kappa shape index (κ3) is 4.43. The highest BCUT2D eigenvalue weighted by Gasteiger charge is 2.26. The van der Waals surface area contributed by atoms with E-state index >= 15 is 0 Å². The van der Waals surface area contributed by atoms with Gasteiger partial charge in [0.2, 0.25) is 15.9 Å². The van der Waals surface area contributed by atoms with Crippen molar-refractivity contribution in [3.8, 4) is 0 Å². The predicted octanol–water partition coefficient (Wildman–Crippen LogP) is -0.330. The molecule has 0 bridgehead atoms. The third-order valence-corrected chi connectivity index (χ3v) is 5.71. The summed E-state index contributed by atoms with van der Waals surface area (Å²) in [6, 6.07) is 0.329. The minimum Gasteiger partial charge on any atom is -0.355 e. The van der Waals surface area contributed by atoms with Gasteiger partial charge in [-0.1, -0.05) is 6.42 Å². The van der Waals surface area contributed by atoms with Gasteiger partial charge in [-0.3, -0.25) is 4.79 Å². The van der Waals surface area contributed by atoms with Crippen LogP contribution in [0.25, 0.3) is 0 Å². The molecule has 2 heterocycles. The number of sulfonamides is 1. The van der Waals surface area contributed by atoms with Crippen molar-refractivity contribution < 1.29 is 13.2 Å². The summed E-state index contributed by atoms with van der Waals surface area (Å²) in [6.45, 7) is 2.12. The first kappa shape index (κ1) is 14.7. The molecule has 19 heavy (non-hydrogen) atoms. The van der Waals surface area contributed by atoms with Crippen molar-refractivity contribution in [1.82, 2.24) is 14.9 Å². The molecule has 0 spiro atoms. The first-order valence-corrected chi connectivity index (χ1v) is 8.67. The second kappa shape index (κ2) is 6.67. The summed E-state index contributed by atoms with van der Waals surface area (Å²) < 4.78 is 25.9. The van der Waals surface area contributed by atoms with Gasteiger partial charge in [0.1, 0.15) is 0 Å². The molecule has 0 aromatic rings. The maximum Gasteiger partial charge on any atom is 0.221 e. The first-order valence-electron chi connectivity index (χ1n) is 7.06. The van der Waals surface area contributed by atoms with Gasteiger partial charge in [0.15, 0.2) is 0 Å². The Labute approximate surface area is 115 Å². The van der Waals surface area contributed by atoms with Gasteiger partial charge in [0.25, 0.3) is 0 Å². The minimum absolute atomic E-state index is 0.0633. The lowest BCUT2D eigenvalue weighted by Crippen LogP contribution is -2.39. The van der Waals surface area contributed by atoms with Crippen molar-refractivity contribution in [2.45, 2.75) is 38.1 Å². The summed E-state index contributed by atoms with van der Waals surface area (Å²) in [5.41, 5.74) is 0. The summed E-state index contributed by atoms with van der Waals surface area (Å²) in [4.78, 5) is 11.2. The zero-order valence-electron chi connectivity index (χ0n) is 11.2. The summed E-state index contributed by atoms with van der Waals surface area (Å²) in [7, 11) is -3.23. The molecule has 2 saturated heterocycles. The van der Waals surface area contributed by atoms with Gasteiger partial charge < -0.3 is 10.6 Å². The molecular weight excluding hydrogens is 266 g/mol. The minimum atomic E-state index is -3.23. The molecule has 0 aromatic heterocycles. The van der Waals surface area contributed by atoms with Gasteiger partial charge in [-0.25, -0.2) is 8.42 Å². The van der Waals surface area contributed by atoms with Crippen LogP contribution < -0.4 is 10.6 Å². The van der Waals surface area contributed by atoms with Gasteiger partial charge in [-0.05, 0) is 25.8 Å². The van der Waals surface area contributed by atoms with Gasteiger partial charge >= 0.3 is 0 Å². The lowest BCUT2D eigenvalue weighted by atomic mass is 10.0. The highest BCUT2D eigenvalue weighted by Crippen LogP contribution is 2.13. The molecule has 0 saturated carbocycles. The normalized spacial score (nSPS) is 26.7. The number of nitrogens with one attached hydrogen (secondary N) is 2. The molecular formula is C12H23N3O3S. The second-order valence-corrected chi connectivity index (χ2v) is 7.34. The molecule has 1 amide bonds. The van der Waals surface area contributed by atoms with Crippen molar-refractivity contribution in [3.63, 3.8) is 0 Å². The number of piperidine rings is 1. The van der Waals surface area contributed by atoms with Crippen LogP contribution in [0.3, 0.4) is 0 Å². The molecule has 6 nitrogen and oxygen atoms in total. The molecule has 0 radical (unpaired) electrons. The van der Waals surface area contributed by atoms with E-state index in [1.165, 1.54) is 17.1 Å². The number of amides is 1. The van der Waals surface area contributed by atoms with E-state index in [0.29, 0.717) is 32.1 Å². The van der Waals surface area contributed by atoms with Crippen LogP contribution in [0.5, 0.6) is 0 Å². The van der Waals surface area contributed by atoms with Gasteiger partial charge in [0.05, 0.1) is 5.75 Å². The maximum absolute atomic E-state index is 12.2. The fourth-order valence-corrected chi connectivity index (χ4v) is 4.19. The number of rotatable bonds is 4. The predicted molar refractivity (Wildman–Crippen MR) is 73.2 cm³/mol. The average Bonchev–Trinajstić information content (AvgIpc) is 2.63. The topological polar surface area (TPSA) is 78.5 Å². The molecule has 0 aliphatic carbocycles. The van der Waals surface area contributed by atoms with Crippen molar-refractivity contribution >= 4 is 15.9 Å². The number of hydrogen-bond donors (Lipinski definition) is 2. The van der Waals surface area contributed by atoms with Gasteiger partial charge in [-0.15, -0.1) is 0 Å². The third-order valence-electron chi connectivity index (χ3n) is 3.80. The Morgan fingerprint density at radius 2 is 2.05 bits per heavy atom. The van der Waals surface area contributed by atoms with Crippen LogP contribution in [0.1, 0.15) is 32.1 Å². The zero-order chi connectivity index (χ0) is 13.7. The fourth-order valence-electron chi connectivity index (χ4n) is 2.62. The van der Waals surface area contributed by atoms with Crippen LogP contribution in [0, 0.1) is 0 Å². The zero-order valence-corrected chi connectivity index (χ0v) is 12.0. The Morgan fingerprint density at radius 1 is 1.21 bits per heavy atom. The van der Waals surface area contributed by atoms with Crippen molar-refractivity contribution in [1.29, 1.82) is 0 Å². The van der Waals surface area contributed by atoms with Crippen LogP contribution in [0.2, 0.25) is 0 Å². The molecule has 0 aromatic carbocycles. The van der Waals surface area contributed by atoms with E-state index in [-0.39, 0.29) is 18.1 Å². The fraction of sp³-hybridized carbons (Fsp3) is 0.917. The summed E-state index contributed by atoms with van der Waals surface area (Å²) in [5, 5.41) is 6.06. The number of carbonyl (C=O) groups is 1. The SMILES string of the molecule is O=C1CCN(S(=O)(=O)CCC2CCCCN2)CCN1. The summed E-state index contributed by atoms with van der Waals surface area (Å²) >= 11 is 0. The van der Waals surface area contributed by atoms with E-state index in [1.807, 2.05) is 0 Å². The van der Waals surface area contributed by atoms with E-state index in [0.717, 1.165) is 13.0 Å². The highest BCUT2D eigenvalue weighted by molar-refractivity contribution is 7.89. The first-order chi connectivity index (χ1) is 9.08. The van der Waals surface area contributed by atoms with E-state index in [1.54, 1.807) is 0 Å². The molecule has 2 rings (SSSR count). The Kier molecular flexibility index (Phi) is 5.18. The second-order valence-electron chi connectivity index (χ2n) is 5.25. The Balaban J connectivity index is 1.84. The van der Waals surface area contributed by atoms with Crippen molar-refractivity contribution in [2.75, 3.05) is 31.9 Å². The molecule has 1 atom stereocenters. The number of carbonyl (C=O) groups excluding carboxylic acids is 1. The average molecular weight is 289 g/mol. The number of nitrogens with zero attached hydrogens (tertiary/aromatic N) is 1. The van der Waals surface area contributed by atoms with E-state index in [9.17, 15) is 13.2 Å². The van der Waals surface area contributed by atoms with Crippen LogP contribution in [0.4, 0.5) is 0 Å². The number of hydrogen-bond acceptors (Lipinski definition) is 4. The van der Waals surface area contributed by atoms with Crippen LogP contribution in [-0.2, 0) is 14.8 Å². The highest BCUT2D eigenvalue weighted by atomic mass is 32.2. The molecule has 2 aliphatic heterocycles. The molecule has 1 unspecified atom stereocenters. The van der Waals surface area contributed by atoms with Crippen LogP contribution in [0.15, 0.2) is 0 Å². The quantitative estimate of drug-likeness (QED) is 0.743. The molecule has 7 heteroatoms. The Bertz CT molecular complexity index is 404. The van der Waals surface area contributed by atoms with E-state index in [2.05, 4.69) is 10.6 Å². The summed E-state index contributed by atoms with van der Waals surface area (Å²) in [5.74, 6) is 0.116. The lowest BCUT2D eigenvalue weighted by Gasteiger charge is -2.25. The van der Waals surface area contributed by atoms with E-state index < -0.39 is 10.0 Å². The van der Waals surface area contributed by atoms with Crippen molar-refractivity contribution in [2.24, 2.45) is 0 Å². The van der Waals surface area contributed by atoms with Crippen molar-refractivity contribution in [3.05, 3.63) is 0 Å². The molecule has 2 N–H and O–H groups in total. The summed E-state index contributed by atoms with van der Waals surface area (Å²) in [6.07, 6.45) is 4.36. The van der Waals surface area contributed by atoms with Crippen LogP contribution in [-0.4, -0.2) is 56.6 Å². The molecule has 2 aliphatic rings. The van der Waals surface area contributed by atoms with E-state index in [4.69, 9.17) is 0 Å². The van der Waals surface area contributed by atoms with Gasteiger partial charge in [0, 0.05) is 32.1 Å².